The Labute approximate surface area is 104 Å². The van der Waals surface area contributed by atoms with Crippen LogP contribution in [-0.4, -0.2) is 27.5 Å². The van der Waals surface area contributed by atoms with Gasteiger partial charge in [0.15, 0.2) is 0 Å². The Morgan fingerprint density at radius 2 is 2.24 bits per heavy atom. The van der Waals surface area contributed by atoms with Crippen molar-refractivity contribution in [3.63, 3.8) is 0 Å². The molecule has 1 aromatic rings. The van der Waals surface area contributed by atoms with Crippen LogP contribution in [0.3, 0.4) is 0 Å². The van der Waals surface area contributed by atoms with Crippen LogP contribution in [0.15, 0.2) is 12.3 Å². The number of aromatic nitrogens is 2. The van der Waals surface area contributed by atoms with E-state index in [0.717, 1.165) is 31.5 Å². The van der Waals surface area contributed by atoms with Gasteiger partial charge in [0.25, 0.3) is 0 Å². The van der Waals surface area contributed by atoms with Crippen molar-refractivity contribution in [3.8, 4) is 0 Å². The zero-order valence-corrected chi connectivity index (χ0v) is 11.2. The highest BCUT2D eigenvalue weighted by Crippen LogP contribution is 2.09. The Morgan fingerprint density at radius 3 is 2.88 bits per heavy atom. The predicted molar refractivity (Wildman–Crippen MR) is 69.9 cm³/mol. The summed E-state index contributed by atoms with van der Waals surface area (Å²) in [5, 5.41) is 16.7. The van der Waals surface area contributed by atoms with Gasteiger partial charge < -0.3 is 10.4 Å². The van der Waals surface area contributed by atoms with Crippen LogP contribution in [0.2, 0.25) is 0 Å². The van der Waals surface area contributed by atoms with Gasteiger partial charge in [-0.2, -0.15) is 5.10 Å². The SMILES string of the molecule is CCC(C)n1ccc(CNC(C)CCCO)n1. The predicted octanol–water partition coefficient (Wildman–Crippen LogP) is 2.10. The lowest BCUT2D eigenvalue weighted by atomic mass is 10.2. The summed E-state index contributed by atoms with van der Waals surface area (Å²) >= 11 is 0. The molecule has 0 aliphatic heterocycles. The van der Waals surface area contributed by atoms with Crippen molar-refractivity contribution in [2.24, 2.45) is 0 Å². The molecule has 0 bridgehead atoms. The zero-order valence-electron chi connectivity index (χ0n) is 11.2. The van der Waals surface area contributed by atoms with Crippen LogP contribution < -0.4 is 5.32 Å². The van der Waals surface area contributed by atoms with Gasteiger partial charge in [0.2, 0.25) is 0 Å². The number of aliphatic hydroxyl groups is 1. The maximum absolute atomic E-state index is 8.75. The van der Waals surface area contributed by atoms with Gasteiger partial charge in [-0.3, -0.25) is 4.68 Å². The van der Waals surface area contributed by atoms with Gasteiger partial charge in [-0.05, 0) is 39.2 Å². The van der Waals surface area contributed by atoms with E-state index in [0.29, 0.717) is 12.1 Å². The minimum absolute atomic E-state index is 0.272. The second-order valence-corrected chi connectivity index (χ2v) is 4.69. The topological polar surface area (TPSA) is 50.1 Å². The first-order chi connectivity index (χ1) is 8.17. The second kappa shape index (κ2) is 7.45. The first kappa shape index (κ1) is 14.2. The largest absolute Gasteiger partial charge is 0.396 e. The third-order valence-corrected chi connectivity index (χ3v) is 3.13. The van der Waals surface area contributed by atoms with E-state index in [1.165, 1.54) is 0 Å². The third-order valence-electron chi connectivity index (χ3n) is 3.13. The summed E-state index contributed by atoms with van der Waals surface area (Å²) in [6.07, 6.45) is 5.00. The maximum Gasteiger partial charge on any atom is 0.0762 e. The maximum atomic E-state index is 8.75. The van der Waals surface area contributed by atoms with Gasteiger partial charge in [-0.25, -0.2) is 0 Å². The van der Waals surface area contributed by atoms with E-state index in [2.05, 4.69) is 37.3 Å². The van der Waals surface area contributed by atoms with Crippen molar-refractivity contribution in [1.29, 1.82) is 0 Å². The molecule has 0 fully saturated rings. The molecule has 0 saturated carbocycles. The molecular formula is C13H25N3O. The van der Waals surface area contributed by atoms with Crippen molar-refractivity contribution in [3.05, 3.63) is 18.0 Å². The highest BCUT2D eigenvalue weighted by Gasteiger charge is 2.06. The van der Waals surface area contributed by atoms with Crippen molar-refractivity contribution < 1.29 is 5.11 Å². The van der Waals surface area contributed by atoms with Crippen molar-refractivity contribution in [2.45, 2.75) is 58.7 Å². The summed E-state index contributed by atoms with van der Waals surface area (Å²) in [6.45, 7) is 7.56. The molecule has 2 atom stereocenters. The average Bonchev–Trinajstić information content (AvgIpc) is 2.81. The Balaban J connectivity index is 2.34. The fourth-order valence-corrected chi connectivity index (χ4v) is 1.68. The van der Waals surface area contributed by atoms with Crippen LogP contribution in [0.25, 0.3) is 0 Å². The summed E-state index contributed by atoms with van der Waals surface area (Å²) < 4.78 is 2.02. The van der Waals surface area contributed by atoms with Gasteiger partial charge in [0.05, 0.1) is 5.69 Å². The lowest BCUT2D eigenvalue weighted by Gasteiger charge is -2.12. The second-order valence-electron chi connectivity index (χ2n) is 4.69. The van der Waals surface area contributed by atoms with Gasteiger partial charge >= 0.3 is 0 Å². The standard InChI is InChI=1S/C13H25N3O/c1-4-12(3)16-8-7-13(15-16)10-14-11(2)6-5-9-17/h7-8,11-12,14,17H,4-6,9-10H2,1-3H3. The fraction of sp³-hybridized carbons (Fsp3) is 0.769. The van der Waals surface area contributed by atoms with Gasteiger partial charge in [-0.1, -0.05) is 6.92 Å². The first-order valence-electron chi connectivity index (χ1n) is 6.55. The van der Waals surface area contributed by atoms with E-state index >= 15 is 0 Å². The number of hydrogen-bond donors (Lipinski definition) is 2. The molecule has 0 aromatic carbocycles. The smallest absolute Gasteiger partial charge is 0.0762 e. The molecule has 4 heteroatoms. The number of rotatable bonds is 8. The third kappa shape index (κ3) is 4.88. The first-order valence-corrected chi connectivity index (χ1v) is 6.55. The van der Waals surface area contributed by atoms with Crippen LogP contribution >= 0.6 is 0 Å². The van der Waals surface area contributed by atoms with Crippen LogP contribution in [0, 0.1) is 0 Å². The van der Waals surface area contributed by atoms with E-state index in [1.54, 1.807) is 0 Å². The summed E-state index contributed by atoms with van der Waals surface area (Å²) in [5.41, 5.74) is 1.08. The van der Waals surface area contributed by atoms with Crippen LogP contribution in [0.5, 0.6) is 0 Å². The van der Waals surface area contributed by atoms with Crippen LogP contribution in [-0.2, 0) is 6.54 Å². The van der Waals surface area contributed by atoms with Crippen molar-refractivity contribution >= 4 is 0 Å². The van der Waals surface area contributed by atoms with Crippen LogP contribution in [0.1, 0.15) is 51.8 Å². The summed E-state index contributed by atoms with van der Waals surface area (Å²) in [6, 6.07) is 2.96. The van der Waals surface area contributed by atoms with E-state index < -0.39 is 0 Å². The van der Waals surface area contributed by atoms with Gasteiger partial charge in [0, 0.05) is 31.4 Å². The minimum atomic E-state index is 0.272. The molecule has 4 nitrogen and oxygen atoms in total. The average molecular weight is 239 g/mol. The van der Waals surface area contributed by atoms with Gasteiger partial charge in [0.1, 0.15) is 0 Å². The molecule has 0 saturated heterocycles. The summed E-state index contributed by atoms with van der Waals surface area (Å²) in [7, 11) is 0. The summed E-state index contributed by atoms with van der Waals surface area (Å²) in [5.74, 6) is 0. The molecule has 1 heterocycles. The molecule has 17 heavy (non-hydrogen) atoms. The molecule has 0 radical (unpaired) electrons. The number of nitrogens with one attached hydrogen (secondary N) is 1. The van der Waals surface area contributed by atoms with E-state index in [-0.39, 0.29) is 6.61 Å². The van der Waals surface area contributed by atoms with Crippen LogP contribution in [0.4, 0.5) is 0 Å². The zero-order chi connectivity index (χ0) is 12.7. The molecular weight excluding hydrogens is 214 g/mol. The molecule has 98 valence electrons. The van der Waals surface area contributed by atoms with Gasteiger partial charge in [-0.15, -0.1) is 0 Å². The molecule has 0 spiro atoms. The minimum Gasteiger partial charge on any atom is -0.396 e. The Bertz CT molecular complexity index is 311. The van der Waals surface area contributed by atoms with E-state index in [4.69, 9.17) is 5.11 Å². The molecule has 2 unspecified atom stereocenters. The molecule has 1 rings (SSSR count). The van der Waals surface area contributed by atoms with Crippen molar-refractivity contribution in [1.82, 2.24) is 15.1 Å². The molecule has 1 aromatic heterocycles. The highest BCUT2D eigenvalue weighted by molar-refractivity contribution is 4.99. The Morgan fingerprint density at radius 1 is 1.47 bits per heavy atom. The molecule has 0 aliphatic rings. The lowest BCUT2D eigenvalue weighted by Crippen LogP contribution is -2.26. The number of aliphatic hydroxyl groups excluding tert-OH is 1. The number of nitrogens with zero attached hydrogens (tertiary/aromatic N) is 2. The molecule has 0 amide bonds. The Kier molecular flexibility index (Phi) is 6.22. The summed E-state index contributed by atoms with van der Waals surface area (Å²) in [4.78, 5) is 0. The normalized spacial score (nSPS) is 14.8. The number of hydrogen-bond acceptors (Lipinski definition) is 3. The van der Waals surface area contributed by atoms with E-state index in [9.17, 15) is 0 Å². The highest BCUT2D eigenvalue weighted by atomic mass is 16.2. The molecule has 0 aliphatic carbocycles. The van der Waals surface area contributed by atoms with E-state index in [1.807, 2.05) is 10.9 Å². The monoisotopic (exact) mass is 239 g/mol. The fourth-order valence-electron chi connectivity index (χ4n) is 1.68. The molecule has 2 N–H and O–H groups in total. The van der Waals surface area contributed by atoms with Crippen molar-refractivity contribution in [2.75, 3.05) is 6.61 Å². The lowest BCUT2D eigenvalue weighted by molar-refractivity contribution is 0.276. The quantitative estimate of drug-likeness (QED) is 0.730. The Hall–Kier alpha value is -0.870.